The number of halogens is 1. The van der Waals surface area contributed by atoms with Crippen molar-refractivity contribution in [3.63, 3.8) is 0 Å². The van der Waals surface area contributed by atoms with E-state index in [9.17, 15) is 4.79 Å². The Hall–Kier alpha value is -2.97. The van der Waals surface area contributed by atoms with Crippen LogP contribution < -0.4 is 10.5 Å². The molecular weight excluding hydrogens is 404 g/mol. The summed E-state index contributed by atoms with van der Waals surface area (Å²) in [6, 6.07) is 5.29. The Morgan fingerprint density at radius 3 is 2.70 bits per heavy atom. The topological polar surface area (TPSA) is 80.3 Å². The van der Waals surface area contributed by atoms with Gasteiger partial charge in [0.25, 0.3) is 0 Å². The lowest BCUT2D eigenvalue weighted by atomic mass is 10.1. The highest BCUT2D eigenvalue weighted by Gasteiger charge is 2.22. The monoisotopic (exact) mass is 424 g/mol. The minimum Gasteiger partial charge on any atom is -0.423 e. The van der Waals surface area contributed by atoms with Crippen molar-refractivity contribution >= 4 is 39.4 Å². The van der Waals surface area contributed by atoms with Crippen molar-refractivity contribution in [2.45, 2.75) is 13.5 Å². The lowest BCUT2D eigenvalue weighted by Crippen LogP contribution is -2.46. The van der Waals surface area contributed by atoms with E-state index in [1.807, 2.05) is 32.3 Å². The van der Waals surface area contributed by atoms with Gasteiger partial charge < -0.3 is 9.32 Å². The van der Waals surface area contributed by atoms with Crippen molar-refractivity contribution in [3.8, 4) is 0 Å². The zero-order chi connectivity index (χ0) is 20.8. The molecule has 0 bridgehead atoms. The highest BCUT2D eigenvalue weighted by Crippen LogP contribution is 2.27. The van der Waals surface area contributed by atoms with E-state index in [0.717, 1.165) is 59.5 Å². The number of hydrogen-bond acceptors (Lipinski definition) is 7. The Labute approximate surface area is 177 Å². The van der Waals surface area contributed by atoms with Crippen LogP contribution in [0.4, 0.5) is 5.82 Å². The standard InChI is InChI=1S/C21H21ClN6O2/c1-13-7-18-15(9-17(13)22)14(8-19(29)30-18)11-27-3-5-28(6-4-27)21-16-10-25-26(2)20(16)23-12-24-21/h7-10,12H,3-6,11H2,1-2H3. The van der Waals surface area contributed by atoms with E-state index in [2.05, 4.69) is 24.9 Å². The number of nitrogens with zero attached hydrogens (tertiary/aromatic N) is 6. The molecule has 154 valence electrons. The maximum absolute atomic E-state index is 12.1. The Morgan fingerprint density at radius 2 is 1.90 bits per heavy atom. The lowest BCUT2D eigenvalue weighted by molar-refractivity contribution is 0.250. The van der Waals surface area contributed by atoms with Crippen LogP contribution in [0.1, 0.15) is 11.1 Å². The number of rotatable bonds is 3. The van der Waals surface area contributed by atoms with Gasteiger partial charge in [-0.1, -0.05) is 11.6 Å². The van der Waals surface area contributed by atoms with Crippen molar-refractivity contribution in [1.29, 1.82) is 0 Å². The molecule has 0 N–H and O–H groups in total. The van der Waals surface area contributed by atoms with E-state index >= 15 is 0 Å². The molecule has 5 rings (SSSR count). The van der Waals surface area contributed by atoms with E-state index in [-0.39, 0.29) is 5.63 Å². The average molecular weight is 425 g/mol. The number of hydrogen-bond donors (Lipinski definition) is 0. The molecule has 0 atom stereocenters. The van der Waals surface area contributed by atoms with Crippen molar-refractivity contribution in [2.24, 2.45) is 7.05 Å². The smallest absolute Gasteiger partial charge is 0.336 e. The van der Waals surface area contributed by atoms with Gasteiger partial charge in [-0.15, -0.1) is 0 Å². The first-order valence-corrected chi connectivity index (χ1v) is 10.2. The van der Waals surface area contributed by atoms with Crippen LogP contribution in [0.3, 0.4) is 0 Å². The molecule has 0 radical (unpaired) electrons. The number of fused-ring (bicyclic) bond motifs is 2. The summed E-state index contributed by atoms with van der Waals surface area (Å²) < 4.78 is 7.14. The van der Waals surface area contributed by atoms with Crippen LogP contribution >= 0.6 is 11.6 Å². The van der Waals surface area contributed by atoms with Gasteiger partial charge in [0.05, 0.1) is 11.6 Å². The molecule has 1 aliphatic rings. The van der Waals surface area contributed by atoms with Gasteiger partial charge in [-0.3, -0.25) is 9.58 Å². The minimum absolute atomic E-state index is 0.335. The van der Waals surface area contributed by atoms with Gasteiger partial charge in [-0.05, 0) is 30.2 Å². The van der Waals surface area contributed by atoms with Crippen molar-refractivity contribution < 1.29 is 4.42 Å². The second-order valence-corrected chi connectivity index (χ2v) is 8.06. The second kappa shape index (κ2) is 7.37. The molecule has 0 unspecified atom stereocenters. The highest BCUT2D eigenvalue weighted by molar-refractivity contribution is 6.32. The van der Waals surface area contributed by atoms with Crippen LogP contribution in [0.2, 0.25) is 5.02 Å². The fourth-order valence-electron chi connectivity index (χ4n) is 4.04. The van der Waals surface area contributed by atoms with Crippen molar-refractivity contribution in [2.75, 3.05) is 31.1 Å². The molecule has 1 aliphatic heterocycles. The van der Waals surface area contributed by atoms with Gasteiger partial charge in [0.1, 0.15) is 17.7 Å². The van der Waals surface area contributed by atoms with Gasteiger partial charge in [-0.2, -0.15) is 5.10 Å². The fraction of sp³-hybridized carbons (Fsp3) is 0.333. The van der Waals surface area contributed by atoms with Crippen molar-refractivity contribution in [3.05, 3.63) is 57.3 Å². The maximum Gasteiger partial charge on any atom is 0.336 e. The molecular formula is C21H21ClN6O2. The minimum atomic E-state index is -0.335. The van der Waals surface area contributed by atoms with Gasteiger partial charge in [0.2, 0.25) is 0 Å². The summed E-state index contributed by atoms with van der Waals surface area (Å²) in [6.45, 7) is 5.95. The molecule has 1 aromatic carbocycles. The summed E-state index contributed by atoms with van der Waals surface area (Å²) in [6.07, 6.45) is 3.41. The Bertz CT molecular complexity index is 1310. The maximum atomic E-state index is 12.1. The number of aryl methyl sites for hydroxylation is 2. The molecule has 0 aliphatic carbocycles. The third-order valence-electron chi connectivity index (χ3n) is 5.68. The highest BCUT2D eigenvalue weighted by atomic mass is 35.5. The largest absolute Gasteiger partial charge is 0.423 e. The van der Waals surface area contributed by atoms with E-state index in [4.69, 9.17) is 16.0 Å². The van der Waals surface area contributed by atoms with Crippen LogP contribution in [0.15, 0.2) is 39.9 Å². The summed E-state index contributed by atoms with van der Waals surface area (Å²) >= 11 is 6.32. The van der Waals surface area contributed by atoms with E-state index in [0.29, 0.717) is 17.2 Å². The van der Waals surface area contributed by atoms with Crippen LogP contribution in [-0.2, 0) is 13.6 Å². The fourth-order valence-corrected chi connectivity index (χ4v) is 4.20. The zero-order valence-electron chi connectivity index (χ0n) is 16.8. The summed E-state index contributed by atoms with van der Waals surface area (Å²) in [5.74, 6) is 0.917. The van der Waals surface area contributed by atoms with Crippen molar-refractivity contribution in [1.82, 2.24) is 24.6 Å². The van der Waals surface area contributed by atoms with E-state index < -0.39 is 0 Å². The second-order valence-electron chi connectivity index (χ2n) is 7.65. The summed E-state index contributed by atoms with van der Waals surface area (Å²) in [7, 11) is 1.88. The Balaban J connectivity index is 1.37. The zero-order valence-corrected chi connectivity index (χ0v) is 17.6. The van der Waals surface area contributed by atoms with Gasteiger partial charge >= 0.3 is 5.63 Å². The third-order valence-corrected chi connectivity index (χ3v) is 6.09. The predicted molar refractivity (Wildman–Crippen MR) is 116 cm³/mol. The normalized spacial score (nSPS) is 15.4. The van der Waals surface area contributed by atoms with Crippen LogP contribution in [0.5, 0.6) is 0 Å². The summed E-state index contributed by atoms with van der Waals surface area (Å²) in [4.78, 5) is 25.5. The van der Waals surface area contributed by atoms with Crippen LogP contribution in [-0.4, -0.2) is 50.8 Å². The summed E-state index contributed by atoms with van der Waals surface area (Å²) in [5, 5.41) is 6.83. The van der Waals surface area contributed by atoms with Crippen LogP contribution in [0.25, 0.3) is 22.0 Å². The molecule has 0 amide bonds. The molecule has 30 heavy (non-hydrogen) atoms. The molecule has 1 saturated heterocycles. The first kappa shape index (κ1) is 19.0. The van der Waals surface area contributed by atoms with Gasteiger partial charge in [0.15, 0.2) is 5.65 Å². The van der Waals surface area contributed by atoms with Gasteiger partial charge in [-0.25, -0.2) is 14.8 Å². The summed E-state index contributed by atoms with van der Waals surface area (Å²) in [5.41, 5.74) is 2.91. The first-order valence-electron chi connectivity index (χ1n) is 9.82. The molecule has 4 aromatic rings. The Morgan fingerprint density at radius 1 is 1.10 bits per heavy atom. The number of anilines is 1. The lowest BCUT2D eigenvalue weighted by Gasteiger charge is -2.35. The van der Waals surface area contributed by atoms with E-state index in [1.165, 1.54) is 0 Å². The predicted octanol–water partition coefficient (Wildman–Crippen LogP) is 2.75. The molecule has 0 saturated carbocycles. The molecule has 0 spiro atoms. The van der Waals surface area contributed by atoms with Gasteiger partial charge in [0, 0.05) is 56.2 Å². The quantitative estimate of drug-likeness (QED) is 0.468. The number of piperazine rings is 1. The average Bonchev–Trinajstić information content (AvgIpc) is 3.11. The number of benzene rings is 1. The molecule has 1 fully saturated rings. The number of aromatic nitrogens is 4. The van der Waals surface area contributed by atoms with Crippen LogP contribution in [0, 0.1) is 6.92 Å². The molecule has 9 heteroatoms. The first-order chi connectivity index (χ1) is 14.5. The molecule has 4 heterocycles. The Kier molecular flexibility index (Phi) is 4.67. The SMILES string of the molecule is Cc1cc2oc(=O)cc(CN3CCN(c4ncnc5c4cnn5C)CC3)c2cc1Cl. The molecule has 8 nitrogen and oxygen atoms in total. The molecule has 3 aromatic heterocycles. The third kappa shape index (κ3) is 3.32. The van der Waals surface area contributed by atoms with E-state index in [1.54, 1.807) is 17.1 Å².